The zero-order valence-corrected chi connectivity index (χ0v) is 14.8. The second-order valence-corrected chi connectivity index (χ2v) is 6.28. The lowest BCUT2D eigenvalue weighted by Crippen LogP contribution is -2.46. The van der Waals surface area contributed by atoms with Gasteiger partial charge < -0.3 is 5.32 Å². The van der Waals surface area contributed by atoms with Crippen molar-refractivity contribution in [3.8, 4) is 0 Å². The smallest absolute Gasteiger partial charge is 0.123 e. The summed E-state index contributed by atoms with van der Waals surface area (Å²) in [4.78, 5) is 2.58. The first-order valence-corrected chi connectivity index (χ1v) is 7.96. The second-order valence-electron chi connectivity index (χ2n) is 6.28. The van der Waals surface area contributed by atoms with Gasteiger partial charge >= 0.3 is 0 Å². The summed E-state index contributed by atoms with van der Waals surface area (Å²) in [6.07, 6.45) is 5.26. The van der Waals surface area contributed by atoms with Gasteiger partial charge in [-0.15, -0.1) is 24.8 Å². The van der Waals surface area contributed by atoms with Gasteiger partial charge in [-0.3, -0.25) is 4.90 Å². The van der Waals surface area contributed by atoms with Crippen LogP contribution >= 0.6 is 24.8 Å². The normalized spacial score (nSPS) is 21.0. The molecule has 2 aliphatic rings. The van der Waals surface area contributed by atoms with Gasteiger partial charge in [0, 0.05) is 32.2 Å². The van der Waals surface area contributed by atoms with E-state index >= 15 is 0 Å². The Morgan fingerprint density at radius 2 is 1.77 bits per heavy atom. The minimum Gasteiger partial charge on any atom is -0.314 e. The highest BCUT2D eigenvalue weighted by Gasteiger charge is 2.32. The monoisotopic (exact) mass is 348 g/mol. The van der Waals surface area contributed by atoms with Crippen LogP contribution in [-0.2, 0) is 0 Å². The quantitative estimate of drug-likeness (QED) is 0.883. The molecule has 0 aromatic heterocycles. The summed E-state index contributed by atoms with van der Waals surface area (Å²) >= 11 is 0. The molecule has 1 atom stereocenters. The lowest BCUT2D eigenvalue weighted by Gasteiger charge is -2.39. The third-order valence-electron chi connectivity index (χ3n) is 4.95. The fraction of sp³-hybridized carbons (Fsp3) is 0.647. The number of rotatable bonds is 3. The Morgan fingerprint density at radius 1 is 1.14 bits per heavy atom. The minimum absolute atomic E-state index is 0. The van der Waals surface area contributed by atoms with Crippen molar-refractivity contribution in [2.45, 2.75) is 38.6 Å². The average Bonchev–Trinajstić information content (AvgIpc) is 2.98. The molecular formula is C17H27Cl2FN2. The molecule has 1 aromatic carbocycles. The topological polar surface area (TPSA) is 15.3 Å². The molecule has 2 fully saturated rings. The Balaban J connectivity index is 0.00000121. The van der Waals surface area contributed by atoms with Crippen molar-refractivity contribution in [2.24, 2.45) is 5.92 Å². The van der Waals surface area contributed by atoms with Crippen LogP contribution in [0.25, 0.3) is 0 Å². The van der Waals surface area contributed by atoms with Gasteiger partial charge in [0.05, 0.1) is 0 Å². The molecule has 0 radical (unpaired) electrons. The van der Waals surface area contributed by atoms with E-state index < -0.39 is 0 Å². The van der Waals surface area contributed by atoms with E-state index in [2.05, 4.69) is 17.1 Å². The predicted octanol–water partition coefficient (Wildman–Crippen LogP) is 4.11. The van der Waals surface area contributed by atoms with Crippen LogP contribution < -0.4 is 5.32 Å². The Bertz CT molecular complexity index is 458. The number of hydrogen-bond acceptors (Lipinski definition) is 2. The molecule has 0 spiro atoms. The maximum atomic E-state index is 13.7. The van der Waals surface area contributed by atoms with Crippen molar-refractivity contribution < 1.29 is 4.39 Å². The third-order valence-corrected chi connectivity index (χ3v) is 4.95. The maximum Gasteiger partial charge on any atom is 0.123 e. The van der Waals surface area contributed by atoms with Crippen LogP contribution in [0.3, 0.4) is 0 Å². The van der Waals surface area contributed by atoms with Gasteiger partial charge in [-0.25, -0.2) is 4.39 Å². The van der Waals surface area contributed by atoms with Crippen LogP contribution in [0.4, 0.5) is 4.39 Å². The van der Waals surface area contributed by atoms with E-state index in [1.54, 1.807) is 12.1 Å². The van der Waals surface area contributed by atoms with Crippen molar-refractivity contribution in [3.05, 3.63) is 35.1 Å². The Morgan fingerprint density at radius 3 is 2.41 bits per heavy atom. The summed E-state index contributed by atoms with van der Waals surface area (Å²) in [5.74, 6) is 0.609. The highest BCUT2D eigenvalue weighted by Crippen LogP contribution is 2.40. The molecule has 2 nitrogen and oxygen atoms in total. The summed E-state index contributed by atoms with van der Waals surface area (Å²) in [5.41, 5.74) is 2.46. The molecule has 1 N–H and O–H groups in total. The Kier molecular flexibility index (Phi) is 8.12. The van der Waals surface area contributed by atoms with E-state index in [1.807, 2.05) is 6.07 Å². The van der Waals surface area contributed by atoms with Gasteiger partial charge in [-0.2, -0.15) is 0 Å². The van der Waals surface area contributed by atoms with Crippen LogP contribution in [0.15, 0.2) is 18.2 Å². The third kappa shape index (κ3) is 4.35. The van der Waals surface area contributed by atoms with Crippen LogP contribution in [0.1, 0.15) is 42.9 Å². The van der Waals surface area contributed by atoms with Crippen molar-refractivity contribution in [1.82, 2.24) is 10.2 Å². The van der Waals surface area contributed by atoms with Gasteiger partial charge in [0.1, 0.15) is 5.82 Å². The molecule has 1 heterocycles. The lowest BCUT2D eigenvalue weighted by molar-refractivity contribution is 0.125. The van der Waals surface area contributed by atoms with Gasteiger partial charge in [0.15, 0.2) is 0 Å². The highest BCUT2D eigenvalue weighted by atomic mass is 35.5. The molecule has 5 heteroatoms. The van der Waals surface area contributed by atoms with Gasteiger partial charge in [0.2, 0.25) is 0 Å². The average molecular weight is 349 g/mol. The molecule has 0 unspecified atom stereocenters. The van der Waals surface area contributed by atoms with Gasteiger partial charge in [0.25, 0.3) is 0 Å². The van der Waals surface area contributed by atoms with Crippen molar-refractivity contribution >= 4 is 24.8 Å². The number of hydrogen-bond donors (Lipinski definition) is 1. The van der Waals surface area contributed by atoms with E-state index in [-0.39, 0.29) is 30.6 Å². The Labute approximate surface area is 145 Å². The SMILES string of the molecule is Cc1ccc(F)cc1[C@H](C1CCCC1)N1CCNCC1.Cl.Cl. The molecule has 1 saturated heterocycles. The molecule has 126 valence electrons. The Hall–Kier alpha value is -0.350. The van der Waals surface area contributed by atoms with E-state index in [1.165, 1.54) is 36.8 Å². The lowest BCUT2D eigenvalue weighted by atomic mass is 9.87. The van der Waals surface area contributed by atoms with E-state index in [0.29, 0.717) is 12.0 Å². The number of nitrogens with one attached hydrogen (secondary N) is 1. The fourth-order valence-corrected chi connectivity index (χ4v) is 3.91. The molecule has 3 rings (SSSR count). The molecule has 0 bridgehead atoms. The largest absolute Gasteiger partial charge is 0.314 e. The second kappa shape index (κ2) is 9.07. The summed E-state index contributed by atoms with van der Waals surface area (Å²) in [6, 6.07) is 5.72. The highest BCUT2D eigenvalue weighted by molar-refractivity contribution is 5.85. The molecule has 1 saturated carbocycles. The van der Waals surface area contributed by atoms with Crippen LogP contribution in [0.5, 0.6) is 0 Å². The zero-order chi connectivity index (χ0) is 13.9. The molecule has 22 heavy (non-hydrogen) atoms. The molecular weight excluding hydrogens is 322 g/mol. The molecule has 0 amide bonds. The van der Waals surface area contributed by atoms with Crippen molar-refractivity contribution in [1.29, 1.82) is 0 Å². The minimum atomic E-state index is -0.0938. The van der Waals surface area contributed by atoms with Crippen LogP contribution in [-0.4, -0.2) is 31.1 Å². The standard InChI is InChI=1S/C17H25FN2.2ClH/c1-13-6-7-15(18)12-16(13)17(14-4-2-3-5-14)20-10-8-19-9-11-20;;/h6-7,12,14,17,19H,2-5,8-11H2,1H3;2*1H/t17-;;/m0../s1. The van der Waals surface area contributed by atoms with Crippen molar-refractivity contribution in [2.75, 3.05) is 26.2 Å². The van der Waals surface area contributed by atoms with E-state index in [0.717, 1.165) is 26.2 Å². The predicted molar refractivity (Wildman–Crippen MR) is 94.8 cm³/mol. The summed E-state index contributed by atoms with van der Waals surface area (Å²) in [7, 11) is 0. The van der Waals surface area contributed by atoms with Gasteiger partial charge in [-0.05, 0) is 48.9 Å². The summed E-state index contributed by atoms with van der Waals surface area (Å²) in [5, 5.41) is 3.42. The summed E-state index contributed by atoms with van der Waals surface area (Å²) < 4.78 is 13.7. The number of benzene rings is 1. The zero-order valence-electron chi connectivity index (χ0n) is 13.2. The molecule has 1 aromatic rings. The van der Waals surface area contributed by atoms with E-state index in [9.17, 15) is 4.39 Å². The van der Waals surface area contributed by atoms with Crippen LogP contribution in [0.2, 0.25) is 0 Å². The molecule has 1 aliphatic heterocycles. The number of nitrogens with zero attached hydrogens (tertiary/aromatic N) is 1. The van der Waals surface area contributed by atoms with E-state index in [4.69, 9.17) is 0 Å². The van der Waals surface area contributed by atoms with Crippen molar-refractivity contribution in [3.63, 3.8) is 0 Å². The van der Waals surface area contributed by atoms with Crippen LogP contribution in [0, 0.1) is 18.7 Å². The van der Waals surface area contributed by atoms with Gasteiger partial charge in [-0.1, -0.05) is 18.9 Å². The number of piperazine rings is 1. The fourth-order valence-electron chi connectivity index (χ4n) is 3.91. The maximum absolute atomic E-state index is 13.7. The number of halogens is 3. The molecule has 1 aliphatic carbocycles. The first kappa shape index (κ1) is 19.7. The number of aryl methyl sites for hydroxylation is 1. The first-order chi connectivity index (χ1) is 9.75. The first-order valence-electron chi connectivity index (χ1n) is 7.96. The summed E-state index contributed by atoms with van der Waals surface area (Å²) in [6.45, 7) is 6.39.